The van der Waals surface area contributed by atoms with Gasteiger partial charge >= 0.3 is 0 Å². The standard InChI is InChI=1S/C101H59N5S3/c1-3-19-67(20-4-1)101(68-21-5-2-6-22-68)84-57-66(35-43-70(84)71-44-42-69(58-85(71)101)104-87-29-13-7-23-72(87)78-51-60(36-45-90(78)104)63-39-48-96-81(54-63)75-26-10-16-32-93(75)107-96)86-59-99(105-88-30-14-8-24-73(88)79-52-61(37-46-91(79)105)64-40-49-97-82(55-64)76-27-11-17-33-94(76)108-97)103-100(102-86)106-89-31-15-9-25-74(89)80-53-62(38-47-92(80)106)65-41-50-98-83(56-65)77-28-12-18-34-95(77)109-98/h1-59H. The molecule has 1 aliphatic rings. The molecular formula is C101H59N5S3. The summed E-state index contributed by atoms with van der Waals surface area (Å²) in [6.07, 6.45) is 0. The topological polar surface area (TPSA) is 40.6 Å². The van der Waals surface area contributed by atoms with E-state index in [0.717, 1.165) is 88.5 Å². The van der Waals surface area contributed by atoms with Crippen molar-refractivity contribution in [3.8, 4) is 73.2 Å². The average Bonchev–Trinajstić information content (AvgIpc) is 1.53. The Balaban J connectivity index is 0.712. The van der Waals surface area contributed by atoms with E-state index >= 15 is 0 Å². The number of aromatic nitrogens is 5. The fourth-order valence-corrected chi connectivity index (χ4v) is 21.7. The van der Waals surface area contributed by atoms with Crippen molar-refractivity contribution in [2.24, 2.45) is 0 Å². The number of para-hydroxylation sites is 3. The summed E-state index contributed by atoms with van der Waals surface area (Å²) in [6, 6.07) is 134. The van der Waals surface area contributed by atoms with Gasteiger partial charge in [-0.15, -0.1) is 34.0 Å². The molecule has 0 fully saturated rings. The number of fused-ring (bicyclic) bond motifs is 21. The second-order valence-electron chi connectivity index (χ2n) is 29.1. The summed E-state index contributed by atoms with van der Waals surface area (Å²) in [5.74, 6) is 1.35. The van der Waals surface area contributed by atoms with E-state index in [1.54, 1.807) is 0 Å². The summed E-state index contributed by atoms with van der Waals surface area (Å²) in [5, 5.41) is 14.8. The summed E-state index contributed by atoms with van der Waals surface area (Å²) in [4.78, 5) is 11.8. The minimum absolute atomic E-state index is 0.581. The van der Waals surface area contributed by atoms with Crippen molar-refractivity contribution in [3.05, 3.63) is 380 Å². The summed E-state index contributed by atoms with van der Waals surface area (Å²) in [7, 11) is 0. The normalized spacial score (nSPS) is 12.8. The van der Waals surface area contributed by atoms with Crippen molar-refractivity contribution < 1.29 is 0 Å². The van der Waals surface area contributed by atoms with Gasteiger partial charge in [0.1, 0.15) is 5.82 Å². The van der Waals surface area contributed by atoms with Crippen LogP contribution < -0.4 is 0 Å². The number of hydrogen-bond donors (Lipinski definition) is 0. The Morgan fingerprint density at radius 3 is 1.04 bits per heavy atom. The van der Waals surface area contributed by atoms with Gasteiger partial charge in [0, 0.05) is 110 Å². The maximum atomic E-state index is 5.91. The lowest BCUT2D eigenvalue weighted by atomic mass is 9.67. The van der Waals surface area contributed by atoms with Gasteiger partial charge in [0.15, 0.2) is 0 Å². The maximum absolute atomic E-state index is 5.91. The number of hydrogen-bond acceptors (Lipinski definition) is 5. The number of benzene rings is 16. The number of thiophene rings is 3. The van der Waals surface area contributed by atoms with Crippen molar-refractivity contribution in [3.63, 3.8) is 0 Å². The fourth-order valence-electron chi connectivity index (χ4n) is 18.5. The Hall–Kier alpha value is -13.3. The monoisotopic (exact) mass is 1440 g/mol. The summed E-state index contributed by atoms with van der Waals surface area (Å²) < 4.78 is 15.0. The first kappa shape index (κ1) is 60.9. The molecule has 0 unspecified atom stereocenters. The van der Waals surface area contributed by atoms with Crippen LogP contribution in [-0.4, -0.2) is 23.7 Å². The van der Waals surface area contributed by atoms with Crippen LogP contribution in [0.3, 0.4) is 0 Å². The molecule has 5 nitrogen and oxygen atoms in total. The largest absolute Gasteiger partial charge is 0.309 e. The SMILES string of the molecule is c1ccc(C2(c3ccccc3)c3cc(-c4cc(-n5c6ccccc6c6cc(-c7ccc8sc9ccccc9c8c7)ccc65)nc(-n5c6ccccc6c6cc(-c7ccc8sc9ccccc9c8c7)ccc65)n4)ccc3-c3ccc(-n4c5ccccc5c5cc(-c6ccc7sc8ccccc8c7c6)ccc54)cc32)cc1. The molecule has 0 spiro atoms. The predicted octanol–water partition coefficient (Wildman–Crippen LogP) is 27.9. The zero-order chi connectivity index (χ0) is 71.2. The van der Waals surface area contributed by atoms with Crippen molar-refractivity contribution in [1.29, 1.82) is 0 Å². The molecule has 506 valence electrons. The smallest absolute Gasteiger partial charge is 0.237 e. The molecule has 0 aliphatic heterocycles. The highest BCUT2D eigenvalue weighted by atomic mass is 32.1. The third kappa shape index (κ3) is 8.99. The highest BCUT2D eigenvalue weighted by Crippen LogP contribution is 2.58. The Labute approximate surface area is 637 Å². The average molecular weight is 1440 g/mol. The maximum Gasteiger partial charge on any atom is 0.237 e. The molecule has 0 bridgehead atoms. The van der Waals surface area contributed by atoms with Crippen LogP contribution in [-0.2, 0) is 5.41 Å². The first-order valence-corrected chi connectivity index (χ1v) is 39.6. The minimum atomic E-state index is -0.772. The van der Waals surface area contributed by atoms with Gasteiger partial charge in [-0.3, -0.25) is 9.13 Å². The van der Waals surface area contributed by atoms with E-state index in [0.29, 0.717) is 5.95 Å². The van der Waals surface area contributed by atoms with Crippen LogP contribution in [0.4, 0.5) is 0 Å². The van der Waals surface area contributed by atoms with Crippen molar-refractivity contribution in [1.82, 2.24) is 23.7 Å². The van der Waals surface area contributed by atoms with Crippen LogP contribution in [0.5, 0.6) is 0 Å². The minimum Gasteiger partial charge on any atom is -0.309 e. The molecule has 1 aliphatic carbocycles. The van der Waals surface area contributed by atoms with E-state index in [2.05, 4.69) is 372 Å². The van der Waals surface area contributed by atoms with Crippen LogP contribution in [0.15, 0.2) is 358 Å². The first-order valence-electron chi connectivity index (χ1n) is 37.1. The van der Waals surface area contributed by atoms with Crippen LogP contribution in [0.25, 0.3) is 199 Å². The molecule has 0 N–H and O–H groups in total. The van der Waals surface area contributed by atoms with Crippen molar-refractivity contribution in [2.45, 2.75) is 5.41 Å². The molecule has 8 heteroatoms. The zero-order valence-corrected chi connectivity index (χ0v) is 61.0. The van der Waals surface area contributed by atoms with Crippen LogP contribution >= 0.6 is 34.0 Å². The van der Waals surface area contributed by atoms with Crippen molar-refractivity contribution in [2.75, 3.05) is 0 Å². The molecule has 0 saturated carbocycles. The van der Waals surface area contributed by atoms with E-state index in [4.69, 9.17) is 9.97 Å². The van der Waals surface area contributed by atoms with Gasteiger partial charge in [0.25, 0.3) is 0 Å². The van der Waals surface area contributed by atoms with Crippen LogP contribution in [0, 0.1) is 0 Å². The van der Waals surface area contributed by atoms with Crippen molar-refractivity contribution >= 4 is 160 Å². The zero-order valence-electron chi connectivity index (χ0n) is 58.5. The van der Waals surface area contributed by atoms with Crippen LogP contribution in [0.1, 0.15) is 22.3 Å². The molecule has 7 aromatic heterocycles. The lowest BCUT2D eigenvalue weighted by Gasteiger charge is -2.34. The molecule has 24 rings (SSSR count). The van der Waals surface area contributed by atoms with Gasteiger partial charge in [-0.2, -0.15) is 4.98 Å². The lowest BCUT2D eigenvalue weighted by molar-refractivity contribution is 0.767. The molecule has 109 heavy (non-hydrogen) atoms. The third-order valence-electron chi connectivity index (χ3n) is 23.4. The fraction of sp³-hybridized carbons (Fsp3) is 0.00990. The second kappa shape index (κ2) is 23.3. The van der Waals surface area contributed by atoms with Gasteiger partial charge in [-0.05, 0) is 194 Å². The Bertz CT molecular complexity index is 7530. The molecule has 23 aromatic rings. The highest BCUT2D eigenvalue weighted by Gasteiger charge is 2.47. The molecule has 16 aromatic carbocycles. The number of nitrogens with zero attached hydrogens (tertiary/aromatic N) is 5. The highest BCUT2D eigenvalue weighted by molar-refractivity contribution is 7.26. The molecule has 0 saturated heterocycles. The van der Waals surface area contributed by atoms with Gasteiger partial charge < -0.3 is 4.57 Å². The molecule has 0 amide bonds. The van der Waals surface area contributed by atoms with E-state index in [-0.39, 0.29) is 0 Å². The predicted molar refractivity (Wildman–Crippen MR) is 463 cm³/mol. The summed E-state index contributed by atoms with van der Waals surface area (Å²) in [5.41, 5.74) is 22.9. The lowest BCUT2D eigenvalue weighted by Crippen LogP contribution is -2.28. The summed E-state index contributed by atoms with van der Waals surface area (Å²) >= 11 is 5.57. The first-order chi connectivity index (χ1) is 54.0. The molecule has 0 radical (unpaired) electrons. The molecular weight excluding hydrogens is 1380 g/mol. The van der Waals surface area contributed by atoms with E-state index in [9.17, 15) is 0 Å². The Morgan fingerprint density at radius 2 is 0.560 bits per heavy atom. The summed E-state index contributed by atoms with van der Waals surface area (Å²) in [6.45, 7) is 0. The van der Waals surface area contributed by atoms with E-state index in [1.165, 1.54) is 127 Å². The molecule has 0 atom stereocenters. The van der Waals surface area contributed by atoms with E-state index < -0.39 is 5.41 Å². The second-order valence-corrected chi connectivity index (χ2v) is 32.3. The van der Waals surface area contributed by atoms with Crippen LogP contribution in [0.2, 0.25) is 0 Å². The quantitative estimate of drug-likeness (QED) is 0.144. The number of rotatable bonds is 9. The van der Waals surface area contributed by atoms with Gasteiger partial charge in [-0.25, -0.2) is 4.98 Å². The van der Waals surface area contributed by atoms with E-state index in [1.807, 2.05) is 34.0 Å². The Morgan fingerprint density at radius 1 is 0.220 bits per heavy atom. The van der Waals surface area contributed by atoms with Gasteiger partial charge in [0.05, 0.1) is 44.2 Å². The van der Waals surface area contributed by atoms with Gasteiger partial charge in [0.2, 0.25) is 5.95 Å². The Kier molecular flexibility index (Phi) is 13.0. The third-order valence-corrected chi connectivity index (χ3v) is 26.8. The molecule has 7 heterocycles. The van der Waals surface area contributed by atoms with Gasteiger partial charge in [-0.1, -0.05) is 224 Å².